The lowest BCUT2D eigenvalue weighted by Gasteiger charge is -2.28. The Balaban J connectivity index is 1.67. The summed E-state index contributed by atoms with van der Waals surface area (Å²) in [6.07, 6.45) is 6.71. The summed E-state index contributed by atoms with van der Waals surface area (Å²) in [5.74, 6) is -0.114. The van der Waals surface area contributed by atoms with Gasteiger partial charge in [-0.05, 0) is 56.7 Å². The Hall–Kier alpha value is -1.29. The predicted octanol–water partition coefficient (Wildman–Crippen LogP) is 3.11. The first-order valence-corrected chi connectivity index (χ1v) is 7.79. The molecule has 1 aliphatic heterocycles. The quantitative estimate of drug-likeness (QED) is 0.892. The van der Waals surface area contributed by atoms with Gasteiger partial charge in [0, 0.05) is 30.9 Å². The van der Waals surface area contributed by atoms with Crippen LogP contribution in [0, 0.1) is 5.82 Å². The minimum absolute atomic E-state index is 0.114. The van der Waals surface area contributed by atoms with E-state index < -0.39 is 0 Å². The minimum atomic E-state index is -0.114. The van der Waals surface area contributed by atoms with Crippen LogP contribution in [0.5, 0.6) is 0 Å². The summed E-state index contributed by atoms with van der Waals surface area (Å²) in [5, 5.41) is 3.43. The highest BCUT2D eigenvalue weighted by Gasteiger charge is 2.20. The van der Waals surface area contributed by atoms with Crippen LogP contribution in [-0.4, -0.2) is 25.2 Å². The molecule has 3 N–H and O–H groups in total. The van der Waals surface area contributed by atoms with Gasteiger partial charge in [0.1, 0.15) is 5.82 Å². The average Bonchev–Trinajstić information content (AvgIpc) is 2.92. The molecule has 1 saturated heterocycles. The first-order valence-electron chi connectivity index (χ1n) is 7.79. The van der Waals surface area contributed by atoms with Gasteiger partial charge in [-0.25, -0.2) is 4.39 Å². The number of hydrogen-bond donors (Lipinski definition) is 2. The first-order chi connectivity index (χ1) is 9.72. The van der Waals surface area contributed by atoms with Gasteiger partial charge in [0.25, 0.3) is 0 Å². The molecule has 0 radical (unpaired) electrons. The van der Waals surface area contributed by atoms with Crippen molar-refractivity contribution in [3.63, 3.8) is 0 Å². The first kappa shape index (κ1) is 13.7. The lowest BCUT2D eigenvalue weighted by molar-refractivity contribution is 0.409. The van der Waals surface area contributed by atoms with Gasteiger partial charge in [-0.15, -0.1) is 0 Å². The van der Waals surface area contributed by atoms with Gasteiger partial charge in [-0.2, -0.15) is 0 Å². The number of anilines is 2. The summed E-state index contributed by atoms with van der Waals surface area (Å²) in [5.41, 5.74) is 7.62. The fourth-order valence-electron chi connectivity index (χ4n) is 3.41. The van der Waals surface area contributed by atoms with Gasteiger partial charge in [0.05, 0.1) is 5.69 Å². The van der Waals surface area contributed by atoms with Gasteiger partial charge in [-0.1, -0.05) is 0 Å². The van der Waals surface area contributed by atoms with Gasteiger partial charge in [-0.3, -0.25) is 0 Å². The second kappa shape index (κ2) is 6.00. The fourth-order valence-corrected chi connectivity index (χ4v) is 3.41. The van der Waals surface area contributed by atoms with Crippen molar-refractivity contribution in [3.05, 3.63) is 24.0 Å². The van der Waals surface area contributed by atoms with E-state index in [1.54, 1.807) is 6.07 Å². The summed E-state index contributed by atoms with van der Waals surface area (Å²) in [4.78, 5) is 2.13. The van der Waals surface area contributed by atoms with Gasteiger partial charge < -0.3 is 16.0 Å². The van der Waals surface area contributed by atoms with Gasteiger partial charge >= 0.3 is 0 Å². The topological polar surface area (TPSA) is 41.3 Å². The fraction of sp³-hybridized carbons (Fsp3) is 0.625. The lowest BCUT2D eigenvalue weighted by Crippen LogP contribution is -2.34. The second-order valence-electron chi connectivity index (χ2n) is 6.13. The molecule has 3 rings (SSSR count). The maximum absolute atomic E-state index is 14.2. The zero-order valence-corrected chi connectivity index (χ0v) is 11.9. The molecule has 1 heterocycles. The van der Waals surface area contributed by atoms with E-state index in [1.807, 2.05) is 12.1 Å². The molecule has 4 heteroatoms. The van der Waals surface area contributed by atoms with Crippen LogP contribution in [0.2, 0.25) is 0 Å². The van der Waals surface area contributed by atoms with Crippen LogP contribution in [0.25, 0.3) is 0 Å². The zero-order chi connectivity index (χ0) is 13.9. The van der Waals surface area contributed by atoms with E-state index in [0.717, 1.165) is 50.1 Å². The Bertz CT molecular complexity index is 457. The smallest absolute Gasteiger partial charge is 0.148 e. The monoisotopic (exact) mass is 277 g/mol. The van der Waals surface area contributed by atoms with Crippen molar-refractivity contribution in [2.24, 2.45) is 5.73 Å². The number of benzene rings is 1. The Morgan fingerprint density at radius 2 is 1.95 bits per heavy atom. The number of nitrogens with zero attached hydrogens (tertiary/aromatic N) is 1. The van der Waals surface area contributed by atoms with Crippen molar-refractivity contribution < 1.29 is 4.39 Å². The van der Waals surface area contributed by atoms with E-state index >= 15 is 0 Å². The Labute approximate surface area is 120 Å². The van der Waals surface area contributed by atoms with Crippen molar-refractivity contribution in [1.82, 2.24) is 0 Å². The maximum atomic E-state index is 14.2. The summed E-state index contributed by atoms with van der Waals surface area (Å²) in [6.45, 7) is 1.95. The number of hydrogen-bond acceptors (Lipinski definition) is 3. The molecule has 0 aromatic heterocycles. The molecule has 110 valence electrons. The molecule has 20 heavy (non-hydrogen) atoms. The molecule has 3 nitrogen and oxygen atoms in total. The van der Waals surface area contributed by atoms with E-state index in [9.17, 15) is 4.39 Å². The summed E-state index contributed by atoms with van der Waals surface area (Å²) < 4.78 is 14.2. The normalized spacial score (nSPS) is 26.8. The van der Waals surface area contributed by atoms with Crippen LogP contribution in [0.1, 0.15) is 38.5 Å². The SMILES string of the molecule is NC1CCCC(Nc2ccc(N3CCCC3)c(F)c2)C1. The zero-order valence-electron chi connectivity index (χ0n) is 11.9. The van der Waals surface area contributed by atoms with Crippen LogP contribution in [0.4, 0.5) is 15.8 Å². The van der Waals surface area contributed by atoms with E-state index in [0.29, 0.717) is 6.04 Å². The molecule has 2 atom stereocenters. The highest BCUT2D eigenvalue weighted by molar-refractivity contribution is 5.57. The summed E-state index contributed by atoms with van der Waals surface area (Å²) in [7, 11) is 0. The van der Waals surface area contributed by atoms with Gasteiger partial charge in [0.15, 0.2) is 0 Å². The molecule has 1 aliphatic carbocycles. The Kier molecular flexibility index (Phi) is 4.10. The second-order valence-corrected chi connectivity index (χ2v) is 6.13. The molecule has 2 unspecified atom stereocenters. The average molecular weight is 277 g/mol. The molecular formula is C16H24FN3. The van der Waals surface area contributed by atoms with E-state index in [1.165, 1.54) is 12.8 Å². The largest absolute Gasteiger partial charge is 0.382 e. The minimum Gasteiger partial charge on any atom is -0.382 e. The number of rotatable bonds is 3. The standard InChI is InChI=1S/C16H24FN3/c17-15-11-14(19-13-5-3-4-12(18)10-13)6-7-16(15)20-8-1-2-9-20/h6-7,11-13,19H,1-5,8-10,18H2. The van der Waals surface area contributed by atoms with Crippen molar-refractivity contribution in [2.45, 2.75) is 50.6 Å². The van der Waals surface area contributed by atoms with Crippen LogP contribution < -0.4 is 16.0 Å². The number of halogens is 1. The Morgan fingerprint density at radius 3 is 2.65 bits per heavy atom. The maximum Gasteiger partial charge on any atom is 0.148 e. The molecule has 0 amide bonds. The van der Waals surface area contributed by atoms with E-state index in [4.69, 9.17) is 5.73 Å². The molecule has 1 aromatic carbocycles. The van der Waals surface area contributed by atoms with Crippen molar-refractivity contribution in [1.29, 1.82) is 0 Å². The van der Waals surface area contributed by atoms with Crippen LogP contribution in [0.15, 0.2) is 18.2 Å². The van der Waals surface area contributed by atoms with Crippen LogP contribution >= 0.6 is 0 Å². The van der Waals surface area contributed by atoms with E-state index in [-0.39, 0.29) is 11.9 Å². The molecule has 1 aromatic rings. The summed E-state index contributed by atoms with van der Waals surface area (Å²) >= 11 is 0. The molecule has 1 saturated carbocycles. The molecule has 0 spiro atoms. The van der Waals surface area contributed by atoms with Crippen LogP contribution in [0.3, 0.4) is 0 Å². The van der Waals surface area contributed by atoms with Crippen molar-refractivity contribution in [2.75, 3.05) is 23.3 Å². The molecule has 0 bridgehead atoms. The van der Waals surface area contributed by atoms with Gasteiger partial charge in [0.2, 0.25) is 0 Å². The predicted molar refractivity (Wildman–Crippen MR) is 81.7 cm³/mol. The summed E-state index contributed by atoms with van der Waals surface area (Å²) in [6, 6.07) is 6.21. The molecular weight excluding hydrogens is 253 g/mol. The lowest BCUT2D eigenvalue weighted by atomic mass is 9.91. The molecule has 2 fully saturated rings. The number of nitrogens with two attached hydrogens (primary N) is 1. The molecule has 2 aliphatic rings. The third-order valence-electron chi connectivity index (χ3n) is 4.48. The highest BCUT2D eigenvalue weighted by atomic mass is 19.1. The van der Waals surface area contributed by atoms with Crippen molar-refractivity contribution >= 4 is 11.4 Å². The van der Waals surface area contributed by atoms with Crippen LogP contribution in [-0.2, 0) is 0 Å². The third kappa shape index (κ3) is 3.06. The number of nitrogens with one attached hydrogen (secondary N) is 1. The van der Waals surface area contributed by atoms with Crippen molar-refractivity contribution in [3.8, 4) is 0 Å². The Morgan fingerprint density at radius 1 is 1.15 bits per heavy atom. The third-order valence-corrected chi connectivity index (χ3v) is 4.48. The highest BCUT2D eigenvalue weighted by Crippen LogP contribution is 2.27. The van der Waals surface area contributed by atoms with E-state index in [2.05, 4.69) is 10.2 Å².